The van der Waals surface area contributed by atoms with Crippen LogP contribution in [-0.4, -0.2) is 18.1 Å². The number of non-ortho nitro benzene ring substituents is 1. The van der Waals surface area contributed by atoms with Crippen molar-refractivity contribution in [2.24, 2.45) is 0 Å². The first kappa shape index (κ1) is 13.9. The number of para-hydroxylation sites is 1. The van der Waals surface area contributed by atoms with E-state index in [-0.39, 0.29) is 5.69 Å². The topological polar surface area (TPSA) is 61.6 Å². The van der Waals surface area contributed by atoms with Crippen molar-refractivity contribution < 1.29 is 14.4 Å². The van der Waals surface area contributed by atoms with Gasteiger partial charge in [-0.25, -0.2) is 0 Å². The fourth-order valence-electron chi connectivity index (χ4n) is 1.69. The molecule has 104 valence electrons. The summed E-state index contributed by atoms with van der Waals surface area (Å²) >= 11 is 0. The van der Waals surface area contributed by atoms with Crippen LogP contribution in [0.1, 0.15) is 5.56 Å². The molecule has 5 nitrogen and oxygen atoms in total. The van der Waals surface area contributed by atoms with Crippen LogP contribution in [0.25, 0.3) is 0 Å². The Kier molecular flexibility index (Phi) is 4.55. The van der Waals surface area contributed by atoms with Crippen LogP contribution < -0.4 is 9.47 Å². The number of nitrogens with zero attached hydrogens (tertiary/aromatic N) is 1. The summed E-state index contributed by atoms with van der Waals surface area (Å²) in [5, 5.41) is 10.7. The van der Waals surface area contributed by atoms with E-state index >= 15 is 0 Å². The molecule has 0 fully saturated rings. The predicted octanol–water partition coefficient (Wildman–Crippen LogP) is 3.36. The van der Waals surface area contributed by atoms with Gasteiger partial charge in [-0.3, -0.25) is 10.1 Å². The Hall–Kier alpha value is -2.56. The number of nitro benzene ring substituents is 1. The minimum Gasteiger partial charge on any atom is -0.490 e. The first-order chi connectivity index (χ1) is 9.66. The summed E-state index contributed by atoms with van der Waals surface area (Å²) in [6, 6.07) is 14.0. The Labute approximate surface area is 116 Å². The third kappa shape index (κ3) is 3.71. The van der Waals surface area contributed by atoms with Crippen LogP contribution in [-0.2, 0) is 0 Å². The quantitative estimate of drug-likeness (QED) is 0.460. The highest BCUT2D eigenvalue weighted by molar-refractivity contribution is 5.43. The van der Waals surface area contributed by atoms with Gasteiger partial charge in [0.25, 0.3) is 5.69 Å². The molecule has 0 spiro atoms. The van der Waals surface area contributed by atoms with E-state index in [1.54, 1.807) is 6.07 Å². The van der Waals surface area contributed by atoms with Crippen molar-refractivity contribution in [1.82, 2.24) is 0 Å². The first-order valence-electron chi connectivity index (χ1n) is 6.22. The van der Waals surface area contributed by atoms with Gasteiger partial charge < -0.3 is 9.47 Å². The van der Waals surface area contributed by atoms with Gasteiger partial charge in [0.2, 0.25) is 0 Å². The molecule has 0 atom stereocenters. The molecule has 2 rings (SSSR count). The zero-order valence-corrected chi connectivity index (χ0v) is 11.1. The third-order valence-electron chi connectivity index (χ3n) is 2.74. The molecule has 0 saturated heterocycles. The molecule has 0 aliphatic rings. The fraction of sp³-hybridized carbons (Fsp3) is 0.200. The molecular weight excluding hydrogens is 258 g/mol. The van der Waals surface area contributed by atoms with Crippen molar-refractivity contribution in [3.8, 4) is 11.5 Å². The molecule has 0 unspecified atom stereocenters. The Morgan fingerprint density at radius 3 is 2.45 bits per heavy atom. The highest BCUT2D eigenvalue weighted by atomic mass is 16.6. The van der Waals surface area contributed by atoms with Crippen LogP contribution >= 0.6 is 0 Å². The van der Waals surface area contributed by atoms with Gasteiger partial charge >= 0.3 is 0 Å². The fourth-order valence-corrected chi connectivity index (χ4v) is 1.69. The van der Waals surface area contributed by atoms with Crippen molar-refractivity contribution in [3.63, 3.8) is 0 Å². The second-order valence-corrected chi connectivity index (χ2v) is 4.22. The molecule has 0 bridgehead atoms. The molecule has 0 N–H and O–H groups in total. The van der Waals surface area contributed by atoms with Gasteiger partial charge in [0.15, 0.2) is 0 Å². The van der Waals surface area contributed by atoms with E-state index in [2.05, 4.69) is 0 Å². The zero-order valence-electron chi connectivity index (χ0n) is 11.1. The molecule has 0 saturated carbocycles. The molecular formula is C15H15NO4. The van der Waals surface area contributed by atoms with Crippen molar-refractivity contribution in [1.29, 1.82) is 0 Å². The molecule has 20 heavy (non-hydrogen) atoms. The smallest absolute Gasteiger partial charge is 0.273 e. The number of nitro groups is 1. The maximum absolute atomic E-state index is 10.7. The lowest BCUT2D eigenvalue weighted by Gasteiger charge is -2.10. The van der Waals surface area contributed by atoms with Gasteiger partial charge in [0, 0.05) is 6.07 Å². The van der Waals surface area contributed by atoms with Gasteiger partial charge in [-0.2, -0.15) is 0 Å². The largest absolute Gasteiger partial charge is 0.490 e. The van der Waals surface area contributed by atoms with Crippen LogP contribution in [0.15, 0.2) is 48.5 Å². The van der Waals surface area contributed by atoms with Crippen molar-refractivity contribution in [2.75, 3.05) is 13.2 Å². The van der Waals surface area contributed by atoms with E-state index in [0.29, 0.717) is 19.0 Å². The van der Waals surface area contributed by atoms with Crippen LogP contribution in [0.3, 0.4) is 0 Å². The zero-order chi connectivity index (χ0) is 14.4. The minimum atomic E-state index is -0.438. The average Bonchev–Trinajstić information content (AvgIpc) is 2.46. The van der Waals surface area contributed by atoms with E-state index in [1.165, 1.54) is 12.1 Å². The summed E-state index contributed by atoms with van der Waals surface area (Å²) in [4.78, 5) is 10.3. The summed E-state index contributed by atoms with van der Waals surface area (Å²) < 4.78 is 11.0. The Morgan fingerprint density at radius 2 is 1.75 bits per heavy atom. The molecule has 0 radical (unpaired) electrons. The normalized spacial score (nSPS) is 10.1. The number of hydrogen-bond donors (Lipinski definition) is 0. The number of aryl methyl sites for hydroxylation is 1. The second kappa shape index (κ2) is 6.56. The Morgan fingerprint density at radius 1 is 1.05 bits per heavy atom. The van der Waals surface area contributed by atoms with Gasteiger partial charge in [-0.15, -0.1) is 0 Å². The number of hydrogen-bond acceptors (Lipinski definition) is 4. The molecule has 0 heterocycles. The first-order valence-corrected chi connectivity index (χ1v) is 6.22. The van der Waals surface area contributed by atoms with Gasteiger partial charge in [0.1, 0.15) is 24.7 Å². The monoisotopic (exact) mass is 273 g/mol. The summed E-state index contributed by atoms with van der Waals surface area (Å²) in [6.07, 6.45) is 0. The Bertz CT molecular complexity index is 584. The molecule has 0 amide bonds. The van der Waals surface area contributed by atoms with E-state index in [1.807, 2.05) is 37.3 Å². The standard InChI is InChI=1S/C15H15NO4/c1-12-7-8-13(16(17)18)11-15(12)20-10-9-19-14-5-3-2-4-6-14/h2-8,11H,9-10H2,1H3. The highest BCUT2D eigenvalue weighted by Gasteiger charge is 2.09. The average molecular weight is 273 g/mol. The maximum Gasteiger partial charge on any atom is 0.273 e. The number of ether oxygens (including phenoxy) is 2. The molecule has 0 aliphatic heterocycles. The van der Waals surface area contributed by atoms with E-state index < -0.39 is 4.92 Å². The van der Waals surface area contributed by atoms with E-state index in [4.69, 9.17) is 9.47 Å². The highest BCUT2D eigenvalue weighted by Crippen LogP contribution is 2.23. The van der Waals surface area contributed by atoms with E-state index in [9.17, 15) is 10.1 Å². The van der Waals surface area contributed by atoms with Crippen molar-refractivity contribution in [2.45, 2.75) is 6.92 Å². The van der Waals surface area contributed by atoms with Gasteiger partial charge in [-0.1, -0.05) is 18.2 Å². The van der Waals surface area contributed by atoms with Crippen LogP contribution in [0, 0.1) is 17.0 Å². The summed E-state index contributed by atoms with van der Waals surface area (Å²) in [6.45, 7) is 2.56. The van der Waals surface area contributed by atoms with Crippen molar-refractivity contribution >= 4 is 5.69 Å². The maximum atomic E-state index is 10.7. The minimum absolute atomic E-state index is 0.0228. The van der Waals surface area contributed by atoms with Crippen LogP contribution in [0.4, 0.5) is 5.69 Å². The second-order valence-electron chi connectivity index (χ2n) is 4.22. The molecule has 5 heteroatoms. The SMILES string of the molecule is Cc1ccc([N+](=O)[O-])cc1OCCOc1ccccc1. The predicted molar refractivity (Wildman–Crippen MR) is 75.3 cm³/mol. The summed E-state index contributed by atoms with van der Waals surface area (Å²) in [5.74, 6) is 1.28. The lowest BCUT2D eigenvalue weighted by atomic mass is 10.2. The molecule has 2 aromatic rings. The van der Waals surface area contributed by atoms with Crippen LogP contribution in [0.2, 0.25) is 0 Å². The third-order valence-corrected chi connectivity index (χ3v) is 2.74. The lowest BCUT2D eigenvalue weighted by Crippen LogP contribution is -2.09. The van der Waals surface area contributed by atoms with Gasteiger partial charge in [-0.05, 0) is 30.7 Å². The molecule has 0 aromatic heterocycles. The Balaban J connectivity index is 1.88. The number of rotatable bonds is 6. The van der Waals surface area contributed by atoms with Gasteiger partial charge in [0.05, 0.1) is 11.0 Å². The van der Waals surface area contributed by atoms with E-state index in [0.717, 1.165) is 11.3 Å². The lowest BCUT2D eigenvalue weighted by molar-refractivity contribution is -0.384. The summed E-state index contributed by atoms with van der Waals surface area (Å²) in [5.41, 5.74) is 0.880. The summed E-state index contributed by atoms with van der Waals surface area (Å²) in [7, 11) is 0. The van der Waals surface area contributed by atoms with Crippen molar-refractivity contribution in [3.05, 3.63) is 64.2 Å². The molecule has 2 aromatic carbocycles. The number of benzene rings is 2. The van der Waals surface area contributed by atoms with Crippen LogP contribution in [0.5, 0.6) is 11.5 Å². The molecule has 0 aliphatic carbocycles.